The molecule has 0 aliphatic heterocycles. The molecule has 2 aromatic carbocycles. The van der Waals surface area contributed by atoms with Crippen molar-refractivity contribution in [2.24, 2.45) is 0 Å². The van der Waals surface area contributed by atoms with Crippen LogP contribution in [0.15, 0.2) is 63.5 Å². The number of nitro groups is 1. The quantitative estimate of drug-likeness (QED) is 0.448. The van der Waals surface area contributed by atoms with Crippen LogP contribution in [0, 0.1) is 10.1 Å². The van der Waals surface area contributed by atoms with Gasteiger partial charge in [0.1, 0.15) is 0 Å². The molecular weight excluding hydrogens is 414 g/mol. The van der Waals surface area contributed by atoms with Gasteiger partial charge in [0, 0.05) is 17.2 Å². The van der Waals surface area contributed by atoms with Gasteiger partial charge in [0.25, 0.3) is 5.69 Å². The van der Waals surface area contributed by atoms with Crippen LogP contribution in [0.25, 0.3) is 11.4 Å². The number of H-pyrrole nitrogens is 1. The average molecular weight is 434 g/mol. The molecule has 0 atom stereocenters. The minimum atomic E-state index is -3.90. The van der Waals surface area contributed by atoms with E-state index in [0.717, 1.165) is 23.4 Å². The molecular formula is C18H19N5O4S2. The predicted octanol–water partition coefficient (Wildman–Crippen LogP) is 3.61. The number of benzene rings is 2. The largest absolute Gasteiger partial charge is 0.284 e. The van der Waals surface area contributed by atoms with Crippen molar-refractivity contribution in [3.8, 4) is 11.4 Å². The lowest BCUT2D eigenvalue weighted by molar-refractivity contribution is -0.388. The van der Waals surface area contributed by atoms with Gasteiger partial charge in [0.05, 0.1) is 14.7 Å². The summed E-state index contributed by atoms with van der Waals surface area (Å²) in [4.78, 5) is 15.3. The molecule has 0 saturated heterocycles. The molecule has 3 aromatic rings. The third-order valence-corrected chi connectivity index (χ3v) is 6.28. The maximum absolute atomic E-state index is 12.5. The normalized spacial score (nSPS) is 12.1. The zero-order valence-corrected chi connectivity index (χ0v) is 17.5. The summed E-state index contributed by atoms with van der Waals surface area (Å²) in [6.45, 7) is 5.07. The molecule has 2 N–H and O–H groups in total. The van der Waals surface area contributed by atoms with Crippen molar-refractivity contribution < 1.29 is 13.3 Å². The first-order valence-electron chi connectivity index (χ1n) is 8.53. The van der Waals surface area contributed by atoms with E-state index >= 15 is 0 Å². The highest BCUT2D eigenvalue weighted by atomic mass is 32.2. The van der Waals surface area contributed by atoms with E-state index in [4.69, 9.17) is 0 Å². The molecule has 0 aliphatic carbocycles. The van der Waals surface area contributed by atoms with Gasteiger partial charge in [-0.2, -0.15) is 0 Å². The Kier molecular flexibility index (Phi) is 5.73. The van der Waals surface area contributed by atoms with Crippen molar-refractivity contribution in [2.45, 2.75) is 41.3 Å². The highest BCUT2D eigenvalue weighted by Crippen LogP contribution is 2.35. The summed E-state index contributed by atoms with van der Waals surface area (Å²) in [7, 11) is -3.90. The van der Waals surface area contributed by atoms with Crippen molar-refractivity contribution in [1.29, 1.82) is 0 Å². The molecule has 11 heteroatoms. The van der Waals surface area contributed by atoms with Crippen LogP contribution in [0.5, 0.6) is 0 Å². The molecule has 1 aromatic heterocycles. The number of nitro benzene ring substituents is 1. The van der Waals surface area contributed by atoms with E-state index in [1.807, 2.05) is 30.3 Å². The number of sulfonamides is 1. The number of nitrogens with one attached hydrogen (secondary N) is 2. The van der Waals surface area contributed by atoms with Crippen molar-refractivity contribution in [1.82, 2.24) is 19.9 Å². The van der Waals surface area contributed by atoms with Gasteiger partial charge in [0.15, 0.2) is 5.82 Å². The fourth-order valence-electron chi connectivity index (χ4n) is 2.47. The van der Waals surface area contributed by atoms with E-state index in [1.165, 1.54) is 12.1 Å². The van der Waals surface area contributed by atoms with Crippen LogP contribution < -0.4 is 4.72 Å². The van der Waals surface area contributed by atoms with Gasteiger partial charge in [-0.25, -0.2) is 18.1 Å². The minimum Gasteiger partial charge on any atom is -0.258 e. The minimum absolute atomic E-state index is 0.177. The van der Waals surface area contributed by atoms with Crippen molar-refractivity contribution in [2.75, 3.05) is 0 Å². The second kappa shape index (κ2) is 7.93. The van der Waals surface area contributed by atoms with E-state index in [9.17, 15) is 18.5 Å². The topological polar surface area (TPSA) is 131 Å². The molecule has 152 valence electrons. The van der Waals surface area contributed by atoms with E-state index < -0.39 is 20.5 Å². The number of nitrogens with zero attached hydrogens (tertiary/aromatic N) is 3. The van der Waals surface area contributed by atoms with Crippen molar-refractivity contribution in [3.05, 3.63) is 58.6 Å². The van der Waals surface area contributed by atoms with Crippen molar-refractivity contribution >= 4 is 27.5 Å². The number of aromatic amines is 1. The zero-order valence-electron chi connectivity index (χ0n) is 15.9. The van der Waals surface area contributed by atoms with Gasteiger partial charge in [-0.05, 0) is 44.7 Å². The summed E-state index contributed by atoms with van der Waals surface area (Å²) in [5, 5.41) is 18.7. The maximum atomic E-state index is 12.5. The Bertz CT molecular complexity index is 1140. The third-order valence-electron chi connectivity index (χ3n) is 3.59. The van der Waals surface area contributed by atoms with Gasteiger partial charge in [-0.3, -0.25) is 15.2 Å². The maximum Gasteiger partial charge on any atom is 0.284 e. The monoisotopic (exact) mass is 433 g/mol. The van der Waals surface area contributed by atoms with Crippen LogP contribution in [0.2, 0.25) is 0 Å². The van der Waals surface area contributed by atoms with E-state index in [0.29, 0.717) is 5.82 Å². The number of aromatic nitrogens is 3. The van der Waals surface area contributed by atoms with Gasteiger partial charge in [-0.15, -0.1) is 5.10 Å². The molecule has 3 rings (SSSR count). The van der Waals surface area contributed by atoms with Crippen LogP contribution in [0.4, 0.5) is 5.69 Å². The fraction of sp³-hybridized carbons (Fsp3) is 0.222. The van der Waals surface area contributed by atoms with Crippen LogP contribution in [-0.4, -0.2) is 34.1 Å². The summed E-state index contributed by atoms with van der Waals surface area (Å²) in [6, 6.07) is 13.1. The summed E-state index contributed by atoms with van der Waals surface area (Å²) in [6.07, 6.45) is 0. The number of rotatable bonds is 6. The molecule has 0 unspecified atom stereocenters. The molecule has 0 fully saturated rings. The highest BCUT2D eigenvalue weighted by Gasteiger charge is 2.26. The van der Waals surface area contributed by atoms with Crippen LogP contribution in [-0.2, 0) is 10.0 Å². The van der Waals surface area contributed by atoms with Gasteiger partial charge in [0.2, 0.25) is 15.2 Å². The summed E-state index contributed by atoms with van der Waals surface area (Å²) in [5.74, 6) is 0.532. The Balaban J connectivity index is 1.91. The van der Waals surface area contributed by atoms with Crippen LogP contribution in [0.1, 0.15) is 20.8 Å². The summed E-state index contributed by atoms with van der Waals surface area (Å²) < 4.78 is 27.4. The SMILES string of the molecule is CC(C)(C)NS(=O)(=O)c1ccc(Sc2n[nH]c(-c3ccccc3)n2)c([N+](=O)[O-])c1. The molecule has 0 aliphatic rings. The molecule has 0 spiro atoms. The molecule has 0 radical (unpaired) electrons. The van der Waals surface area contributed by atoms with Gasteiger partial charge < -0.3 is 0 Å². The second-order valence-electron chi connectivity index (χ2n) is 7.18. The summed E-state index contributed by atoms with van der Waals surface area (Å²) in [5.41, 5.74) is -0.220. The molecule has 0 bridgehead atoms. The molecule has 29 heavy (non-hydrogen) atoms. The highest BCUT2D eigenvalue weighted by molar-refractivity contribution is 7.99. The fourth-order valence-corrected chi connectivity index (χ4v) is 4.71. The Morgan fingerprint density at radius 2 is 1.83 bits per heavy atom. The second-order valence-corrected chi connectivity index (χ2v) is 9.87. The number of hydrogen-bond acceptors (Lipinski definition) is 7. The zero-order chi connectivity index (χ0) is 21.2. The lowest BCUT2D eigenvalue weighted by atomic mass is 10.1. The first-order chi connectivity index (χ1) is 13.5. The predicted molar refractivity (Wildman–Crippen MR) is 109 cm³/mol. The smallest absolute Gasteiger partial charge is 0.258 e. The Morgan fingerprint density at radius 1 is 1.14 bits per heavy atom. The Labute approximate surface area is 172 Å². The van der Waals surface area contributed by atoms with E-state index in [2.05, 4.69) is 19.9 Å². The van der Waals surface area contributed by atoms with E-state index in [-0.39, 0.29) is 20.6 Å². The van der Waals surface area contributed by atoms with E-state index in [1.54, 1.807) is 20.8 Å². The average Bonchev–Trinajstić information content (AvgIpc) is 3.09. The van der Waals surface area contributed by atoms with Crippen LogP contribution in [0.3, 0.4) is 0 Å². The Hall–Kier alpha value is -2.76. The molecule has 1 heterocycles. The lowest BCUT2D eigenvalue weighted by Crippen LogP contribution is -2.40. The molecule has 0 saturated carbocycles. The first-order valence-corrected chi connectivity index (χ1v) is 10.8. The van der Waals surface area contributed by atoms with Gasteiger partial charge in [-0.1, -0.05) is 30.3 Å². The third kappa shape index (κ3) is 5.19. The summed E-state index contributed by atoms with van der Waals surface area (Å²) >= 11 is 0.980. The standard InChI is InChI=1S/C18H19N5O4S2/c1-18(2,3)22-29(26,27)13-9-10-15(14(11-13)23(24)25)28-17-19-16(20-21-17)12-7-5-4-6-8-12/h4-11,22H,1-3H3,(H,19,20,21). The van der Waals surface area contributed by atoms with Crippen molar-refractivity contribution in [3.63, 3.8) is 0 Å². The first kappa shape index (κ1) is 21.0. The molecule has 0 amide bonds. The van der Waals surface area contributed by atoms with Crippen LogP contribution >= 0.6 is 11.8 Å². The Morgan fingerprint density at radius 3 is 2.45 bits per heavy atom. The molecule has 9 nitrogen and oxygen atoms in total. The van der Waals surface area contributed by atoms with Gasteiger partial charge >= 0.3 is 0 Å². The lowest BCUT2D eigenvalue weighted by Gasteiger charge is -2.20. The number of hydrogen-bond donors (Lipinski definition) is 2.